The average Bonchev–Trinajstić information content (AvgIpc) is 3.02. The Kier molecular flexibility index (Phi) is 4.17. The minimum absolute atomic E-state index is 0.208. The fourth-order valence-corrected chi connectivity index (χ4v) is 2.62. The van der Waals surface area contributed by atoms with E-state index in [1.54, 1.807) is 53.9 Å². The molecule has 0 amide bonds. The first-order valence-electron chi connectivity index (χ1n) is 7.18. The van der Waals surface area contributed by atoms with E-state index >= 15 is 0 Å². The molecule has 0 atom stereocenters. The average molecular weight is 328 g/mol. The van der Waals surface area contributed by atoms with E-state index in [0.717, 1.165) is 5.52 Å². The summed E-state index contributed by atoms with van der Waals surface area (Å²) in [4.78, 5) is 24.8. The molecule has 2 aromatic heterocycles. The summed E-state index contributed by atoms with van der Waals surface area (Å²) in [7, 11) is 0. The monoisotopic (exact) mass is 327 g/mol. The number of benzene rings is 1. The summed E-state index contributed by atoms with van der Waals surface area (Å²) in [5.74, 6) is -0.656. The van der Waals surface area contributed by atoms with Crippen molar-refractivity contribution >= 4 is 28.9 Å². The number of carbonyl (C=O) groups excluding carboxylic acids is 2. The molecule has 0 bridgehead atoms. The second-order valence-corrected chi connectivity index (χ2v) is 5.43. The van der Waals surface area contributed by atoms with E-state index in [2.05, 4.69) is 0 Å². The first-order chi connectivity index (χ1) is 11.1. The van der Waals surface area contributed by atoms with Gasteiger partial charge in [0.1, 0.15) is 0 Å². The number of pyridine rings is 1. The lowest BCUT2D eigenvalue weighted by molar-refractivity contribution is 0.0526. The molecule has 0 saturated heterocycles. The van der Waals surface area contributed by atoms with Gasteiger partial charge in [-0.25, -0.2) is 4.79 Å². The molecule has 3 aromatic rings. The van der Waals surface area contributed by atoms with Crippen LogP contribution in [0.2, 0.25) is 5.02 Å². The van der Waals surface area contributed by atoms with Crippen molar-refractivity contribution in [3.8, 4) is 0 Å². The molecule has 0 aliphatic rings. The SMILES string of the molecule is CCOC(=O)c1cc(C(=O)c2cccc(Cl)c2)n2cccc2c1. The van der Waals surface area contributed by atoms with Gasteiger partial charge < -0.3 is 9.14 Å². The maximum Gasteiger partial charge on any atom is 0.338 e. The number of ether oxygens (including phenoxy) is 1. The molecule has 0 spiro atoms. The Balaban J connectivity index is 2.13. The zero-order chi connectivity index (χ0) is 16.4. The largest absolute Gasteiger partial charge is 0.462 e. The normalized spacial score (nSPS) is 10.7. The summed E-state index contributed by atoms with van der Waals surface area (Å²) in [6.45, 7) is 2.02. The van der Waals surface area contributed by atoms with Gasteiger partial charge >= 0.3 is 5.97 Å². The fourth-order valence-electron chi connectivity index (χ4n) is 2.43. The third-order valence-electron chi connectivity index (χ3n) is 3.47. The van der Waals surface area contributed by atoms with Crippen molar-refractivity contribution < 1.29 is 14.3 Å². The Morgan fingerprint density at radius 3 is 2.65 bits per heavy atom. The smallest absolute Gasteiger partial charge is 0.338 e. The topological polar surface area (TPSA) is 47.8 Å². The van der Waals surface area contributed by atoms with E-state index in [0.29, 0.717) is 21.8 Å². The van der Waals surface area contributed by atoms with Crippen LogP contribution in [0.5, 0.6) is 0 Å². The van der Waals surface area contributed by atoms with Crippen LogP contribution < -0.4 is 0 Å². The number of hydrogen-bond donors (Lipinski definition) is 0. The predicted molar refractivity (Wildman–Crippen MR) is 88.2 cm³/mol. The third-order valence-corrected chi connectivity index (χ3v) is 3.70. The van der Waals surface area contributed by atoms with Crippen molar-refractivity contribution in [1.82, 2.24) is 4.40 Å². The molecule has 0 radical (unpaired) electrons. The minimum atomic E-state index is -0.448. The predicted octanol–water partition coefficient (Wildman–Crippen LogP) is 4.00. The second-order valence-electron chi connectivity index (χ2n) is 4.99. The highest BCUT2D eigenvalue weighted by molar-refractivity contribution is 6.31. The van der Waals surface area contributed by atoms with Gasteiger partial charge in [-0.2, -0.15) is 0 Å². The van der Waals surface area contributed by atoms with Crippen molar-refractivity contribution in [2.75, 3.05) is 6.61 Å². The number of esters is 1. The molecular weight excluding hydrogens is 314 g/mol. The Morgan fingerprint density at radius 1 is 1.09 bits per heavy atom. The van der Waals surface area contributed by atoms with E-state index in [-0.39, 0.29) is 12.4 Å². The Morgan fingerprint density at radius 2 is 1.91 bits per heavy atom. The Bertz CT molecular complexity index is 898. The van der Waals surface area contributed by atoms with Crippen LogP contribution in [-0.4, -0.2) is 22.8 Å². The fraction of sp³-hybridized carbons (Fsp3) is 0.111. The highest BCUT2D eigenvalue weighted by Crippen LogP contribution is 2.19. The van der Waals surface area contributed by atoms with Crippen LogP contribution in [0.4, 0.5) is 0 Å². The van der Waals surface area contributed by atoms with E-state index in [4.69, 9.17) is 16.3 Å². The molecule has 0 aliphatic heterocycles. The molecule has 0 aliphatic carbocycles. The van der Waals surface area contributed by atoms with Crippen molar-refractivity contribution in [3.05, 3.63) is 76.6 Å². The molecule has 2 heterocycles. The standard InChI is InChI=1S/C18H14ClNO3/c1-2-23-18(22)13-10-15-7-4-8-20(15)16(11-13)17(21)12-5-3-6-14(19)9-12/h3-11H,2H2,1H3. The molecule has 116 valence electrons. The second kappa shape index (κ2) is 6.26. The van der Waals surface area contributed by atoms with Gasteiger partial charge in [-0.1, -0.05) is 23.7 Å². The van der Waals surface area contributed by atoms with Gasteiger partial charge in [0.15, 0.2) is 0 Å². The van der Waals surface area contributed by atoms with Crippen LogP contribution in [0.25, 0.3) is 5.52 Å². The Labute approximate surface area is 138 Å². The summed E-state index contributed by atoms with van der Waals surface area (Å²) in [5, 5.41) is 0.487. The van der Waals surface area contributed by atoms with E-state index in [1.165, 1.54) is 0 Å². The summed E-state index contributed by atoms with van der Waals surface area (Å²) in [6.07, 6.45) is 1.78. The quantitative estimate of drug-likeness (QED) is 0.537. The lowest BCUT2D eigenvalue weighted by Gasteiger charge is -2.09. The highest BCUT2D eigenvalue weighted by atomic mass is 35.5. The van der Waals surface area contributed by atoms with Gasteiger partial charge in [0.05, 0.1) is 17.9 Å². The van der Waals surface area contributed by atoms with Crippen LogP contribution in [0.1, 0.15) is 33.3 Å². The molecule has 3 rings (SSSR count). The number of ketones is 1. The molecular formula is C18H14ClNO3. The van der Waals surface area contributed by atoms with Gasteiger partial charge in [-0.3, -0.25) is 4.79 Å². The van der Waals surface area contributed by atoms with Crippen LogP contribution in [0.3, 0.4) is 0 Å². The summed E-state index contributed by atoms with van der Waals surface area (Å²) >= 11 is 5.96. The first kappa shape index (κ1) is 15.3. The molecule has 0 N–H and O–H groups in total. The minimum Gasteiger partial charge on any atom is -0.462 e. The number of rotatable bonds is 4. The molecule has 1 aromatic carbocycles. The maximum absolute atomic E-state index is 12.8. The van der Waals surface area contributed by atoms with Gasteiger partial charge in [-0.05, 0) is 43.3 Å². The van der Waals surface area contributed by atoms with Crippen molar-refractivity contribution in [1.29, 1.82) is 0 Å². The number of nitrogens with zero attached hydrogens (tertiary/aromatic N) is 1. The zero-order valence-corrected chi connectivity index (χ0v) is 13.2. The van der Waals surface area contributed by atoms with Gasteiger partial charge in [0.2, 0.25) is 5.78 Å². The van der Waals surface area contributed by atoms with Gasteiger partial charge in [0.25, 0.3) is 0 Å². The highest BCUT2D eigenvalue weighted by Gasteiger charge is 2.17. The van der Waals surface area contributed by atoms with Crippen molar-refractivity contribution in [2.24, 2.45) is 0 Å². The number of halogens is 1. The summed E-state index contributed by atoms with van der Waals surface area (Å²) in [5.41, 5.74) is 1.95. The molecule has 23 heavy (non-hydrogen) atoms. The number of aromatic nitrogens is 1. The molecule has 0 fully saturated rings. The summed E-state index contributed by atoms with van der Waals surface area (Å²) < 4.78 is 6.77. The van der Waals surface area contributed by atoms with Crippen molar-refractivity contribution in [3.63, 3.8) is 0 Å². The lowest BCUT2D eigenvalue weighted by Crippen LogP contribution is -2.11. The van der Waals surface area contributed by atoms with Crippen LogP contribution in [0, 0.1) is 0 Å². The van der Waals surface area contributed by atoms with E-state index < -0.39 is 5.97 Å². The first-order valence-corrected chi connectivity index (χ1v) is 7.56. The molecule has 4 nitrogen and oxygen atoms in total. The molecule has 0 unspecified atom stereocenters. The molecule has 5 heteroatoms. The molecule has 0 saturated carbocycles. The Hall–Kier alpha value is -2.59. The van der Waals surface area contributed by atoms with Gasteiger partial charge in [-0.15, -0.1) is 0 Å². The number of hydrogen-bond acceptors (Lipinski definition) is 3. The third kappa shape index (κ3) is 2.98. The van der Waals surface area contributed by atoms with E-state index in [9.17, 15) is 9.59 Å². The van der Waals surface area contributed by atoms with Crippen LogP contribution in [0.15, 0.2) is 54.7 Å². The lowest BCUT2D eigenvalue weighted by atomic mass is 10.1. The zero-order valence-electron chi connectivity index (χ0n) is 12.5. The van der Waals surface area contributed by atoms with Gasteiger partial charge in [0, 0.05) is 22.3 Å². The van der Waals surface area contributed by atoms with Crippen LogP contribution in [-0.2, 0) is 4.74 Å². The number of carbonyl (C=O) groups is 2. The van der Waals surface area contributed by atoms with Crippen LogP contribution >= 0.6 is 11.6 Å². The van der Waals surface area contributed by atoms with E-state index in [1.807, 2.05) is 12.1 Å². The van der Waals surface area contributed by atoms with Crippen molar-refractivity contribution in [2.45, 2.75) is 6.92 Å². The summed E-state index contributed by atoms with van der Waals surface area (Å²) in [6, 6.07) is 13.6. The maximum atomic E-state index is 12.8. The number of fused-ring (bicyclic) bond motifs is 1.